The lowest BCUT2D eigenvalue weighted by Crippen LogP contribution is -2.30. The lowest BCUT2D eigenvalue weighted by atomic mass is 9.82. The fourth-order valence-corrected chi connectivity index (χ4v) is 1.03. The molecule has 2 rings (SSSR count). The second kappa shape index (κ2) is 3.55. The first kappa shape index (κ1) is 9.42. The molecule has 6 heteroatoms. The molecule has 0 spiro atoms. The summed E-state index contributed by atoms with van der Waals surface area (Å²) in [5.41, 5.74) is 0.127. The highest BCUT2D eigenvalue weighted by Crippen LogP contribution is 2.27. The third-order valence-corrected chi connectivity index (χ3v) is 1.94. The molecule has 1 saturated carbocycles. The van der Waals surface area contributed by atoms with Crippen LogP contribution in [-0.2, 0) is 0 Å². The molecule has 1 heterocycles. The van der Waals surface area contributed by atoms with Gasteiger partial charge in [0.1, 0.15) is 0 Å². The van der Waals surface area contributed by atoms with Gasteiger partial charge in [0.05, 0.1) is 6.10 Å². The summed E-state index contributed by atoms with van der Waals surface area (Å²) < 4.78 is 18.2. The van der Waals surface area contributed by atoms with Crippen LogP contribution in [0.4, 0.5) is 4.39 Å². The van der Waals surface area contributed by atoms with Crippen LogP contribution in [0, 0.1) is 5.95 Å². The predicted octanol–water partition coefficient (Wildman–Crippen LogP) is -0.558. The summed E-state index contributed by atoms with van der Waals surface area (Å²) in [6.07, 6.45) is 2.94. The maximum absolute atomic E-state index is 13.0. The molecule has 1 aliphatic rings. The Morgan fingerprint density at radius 3 is 2.79 bits per heavy atom. The van der Waals surface area contributed by atoms with Gasteiger partial charge < -0.3 is 14.8 Å². The minimum Gasteiger partial charge on any atom is -0.486 e. The van der Waals surface area contributed by atoms with Crippen LogP contribution in [-0.4, -0.2) is 28.3 Å². The summed E-state index contributed by atoms with van der Waals surface area (Å²) >= 11 is 0. The molecule has 14 heavy (non-hydrogen) atoms. The summed E-state index contributed by atoms with van der Waals surface area (Å²) in [4.78, 5) is 3.37. The molecule has 1 aromatic rings. The first-order chi connectivity index (χ1) is 6.66. The number of rotatable bonds is 3. The van der Waals surface area contributed by atoms with Gasteiger partial charge >= 0.3 is 7.12 Å². The number of pyridine rings is 1. The van der Waals surface area contributed by atoms with Crippen molar-refractivity contribution in [2.75, 3.05) is 0 Å². The van der Waals surface area contributed by atoms with Gasteiger partial charge in [-0.2, -0.15) is 4.39 Å². The molecule has 0 radical (unpaired) electrons. The van der Waals surface area contributed by atoms with E-state index in [1.165, 1.54) is 6.07 Å². The summed E-state index contributed by atoms with van der Waals surface area (Å²) in [5.74, 6) is -0.737. The van der Waals surface area contributed by atoms with Gasteiger partial charge in [-0.05, 0) is 18.9 Å². The normalized spacial score (nSPS) is 15.4. The van der Waals surface area contributed by atoms with E-state index in [9.17, 15) is 4.39 Å². The Morgan fingerprint density at radius 2 is 2.21 bits per heavy atom. The molecule has 2 N–H and O–H groups in total. The van der Waals surface area contributed by atoms with Crippen LogP contribution in [0.15, 0.2) is 12.3 Å². The Balaban J connectivity index is 2.21. The Bertz CT molecular complexity index is 343. The highest BCUT2D eigenvalue weighted by Gasteiger charge is 2.26. The van der Waals surface area contributed by atoms with E-state index in [1.54, 1.807) is 0 Å². The van der Waals surface area contributed by atoms with Gasteiger partial charge in [0.15, 0.2) is 5.75 Å². The molecule has 4 nitrogen and oxygen atoms in total. The van der Waals surface area contributed by atoms with Crippen molar-refractivity contribution in [3.8, 4) is 5.75 Å². The lowest BCUT2D eigenvalue weighted by Gasteiger charge is -2.06. The van der Waals surface area contributed by atoms with Crippen LogP contribution in [0.5, 0.6) is 5.75 Å². The fourth-order valence-electron chi connectivity index (χ4n) is 1.03. The monoisotopic (exact) mass is 197 g/mol. The van der Waals surface area contributed by atoms with Gasteiger partial charge in [0, 0.05) is 11.7 Å². The number of halogens is 1. The average molecular weight is 197 g/mol. The van der Waals surface area contributed by atoms with Crippen molar-refractivity contribution in [3.63, 3.8) is 0 Å². The molecule has 1 aromatic heterocycles. The Labute approximate surface area is 80.5 Å². The minimum atomic E-state index is -1.65. The van der Waals surface area contributed by atoms with Gasteiger partial charge in [-0.25, -0.2) is 4.98 Å². The van der Waals surface area contributed by atoms with Gasteiger partial charge in [0.25, 0.3) is 5.95 Å². The Kier molecular flexibility index (Phi) is 2.39. The maximum atomic E-state index is 13.0. The largest absolute Gasteiger partial charge is 0.490 e. The fraction of sp³-hybridized carbons (Fsp3) is 0.375. The zero-order valence-corrected chi connectivity index (χ0v) is 7.35. The number of ether oxygens (including phenoxy) is 1. The van der Waals surface area contributed by atoms with Crippen molar-refractivity contribution in [1.29, 1.82) is 0 Å². The third-order valence-electron chi connectivity index (χ3n) is 1.94. The molecule has 0 amide bonds. The number of hydrogen-bond acceptors (Lipinski definition) is 4. The second-order valence-corrected chi connectivity index (χ2v) is 3.25. The van der Waals surface area contributed by atoms with Gasteiger partial charge in [-0.3, -0.25) is 0 Å². The van der Waals surface area contributed by atoms with E-state index in [1.807, 2.05) is 0 Å². The van der Waals surface area contributed by atoms with E-state index in [0.29, 0.717) is 0 Å². The van der Waals surface area contributed by atoms with E-state index in [0.717, 1.165) is 19.0 Å². The lowest BCUT2D eigenvalue weighted by molar-refractivity contribution is 0.283. The topological polar surface area (TPSA) is 62.6 Å². The highest BCUT2D eigenvalue weighted by atomic mass is 19.1. The van der Waals surface area contributed by atoms with E-state index in [2.05, 4.69) is 4.98 Å². The average Bonchev–Trinajstić information content (AvgIpc) is 2.92. The van der Waals surface area contributed by atoms with Crippen molar-refractivity contribution >= 4 is 12.6 Å². The summed E-state index contributed by atoms with van der Waals surface area (Å²) in [7, 11) is -1.65. The van der Waals surface area contributed by atoms with Crippen LogP contribution in [0.3, 0.4) is 0 Å². The van der Waals surface area contributed by atoms with Crippen molar-refractivity contribution < 1.29 is 19.2 Å². The Hall–Kier alpha value is -1.14. The summed E-state index contributed by atoms with van der Waals surface area (Å²) in [6.45, 7) is 0. The van der Waals surface area contributed by atoms with Crippen molar-refractivity contribution in [2.45, 2.75) is 18.9 Å². The van der Waals surface area contributed by atoms with Gasteiger partial charge in [-0.15, -0.1) is 0 Å². The molecule has 0 bridgehead atoms. The van der Waals surface area contributed by atoms with Gasteiger partial charge in [-0.1, -0.05) is 0 Å². The maximum Gasteiger partial charge on any atom is 0.490 e. The van der Waals surface area contributed by atoms with Crippen LogP contribution in [0.1, 0.15) is 12.8 Å². The summed E-state index contributed by atoms with van der Waals surface area (Å²) in [6, 6.07) is 1.26. The molecule has 74 valence electrons. The quantitative estimate of drug-likeness (QED) is 0.503. The standard InChI is InChI=1S/C8H9BFNO3/c10-8-7(14-6-1-2-6)3-5(4-11-8)9(12)13/h3-4,6,12-13H,1-2H2. The molecular formula is C8H9BFNO3. The van der Waals surface area contributed by atoms with E-state index in [4.69, 9.17) is 14.8 Å². The van der Waals surface area contributed by atoms with Crippen molar-refractivity contribution in [3.05, 3.63) is 18.2 Å². The second-order valence-electron chi connectivity index (χ2n) is 3.25. The van der Waals surface area contributed by atoms with Crippen LogP contribution >= 0.6 is 0 Å². The molecular weight excluding hydrogens is 188 g/mol. The van der Waals surface area contributed by atoms with Gasteiger partial charge in [0.2, 0.25) is 0 Å². The first-order valence-corrected chi connectivity index (χ1v) is 4.35. The zero-order chi connectivity index (χ0) is 10.1. The zero-order valence-electron chi connectivity index (χ0n) is 7.35. The minimum absolute atomic E-state index is 0.0156. The summed E-state index contributed by atoms with van der Waals surface area (Å²) in [5, 5.41) is 17.7. The molecule has 0 unspecified atom stereocenters. The number of nitrogens with zero attached hydrogens (tertiary/aromatic N) is 1. The predicted molar refractivity (Wildman–Crippen MR) is 47.7 cm³/mol. The molecule has 1 fully saturated rings. The van der Waals surface area contributed by atoms with Crippen molar-refractivity contribution in [2.24, 2.45) is 0 Å². The first-order valence-electron chi connectivity index (χ1n) is 4.35. The van der Waals surface area contributed by atoms with E-state index < -0.39 is 13.1 Å². The molecule has 0 aromatic carbocycles. The molecule has 1 aliphatic carbocycles. The molecule has 0 aliphatic heterocycles. The van der Waals surface area contributed by atoms with E-state index in [-0.39, 0.29) is 17.3 Å². The van der Waals surface area contributed by atoms with Crippen LogP contribution in [0.25, 0.3) is 0 Å². The molecule has 0 saturated heterocycles. The van der Waals surface area contributed by atoms with Crippen LogP contribution < -0.4 is 10.2 Å². The SMILES string of the molecule is OB(O)c1cnc(F)c(OC2CC2)c1. The Morgan fingerprint density at radius 1 is 1.50 bits per heavy atom. The third kappa shape index (κ3) is 2.02. The smallest absolute Gasteiger partial charge is 0.486 e. The van der Waals surface area contributed by atoms with Crippen molar-refractivity contribution in [1.82, 2.24) is 4.98 Å². The number of aromatic nitrogens is 1. The van der Waals surface area contributed by atoms with E-state index >= 15 is 0 Å². The molecule has 0 atom stereocenters. The highest BCUT2D eigenvalue weighted by molar-refractivity contribution is 6.58. The van der Waals surface area contributed by atoms with Crippen LogP contribution in [0.2, 0.25) is 0 Å². The number of hydrogen-bond donors (Lipinski definition) is 2.